The van der Waals surface area contributed by atoms with Crippen LogP contribution in [0.2, 0.25) is 0 Å². The second kappa shape index (κ2) is 4.83. The van der Waals surface area contributed by atoms with Crippen LogP contribution in [0.5, 0.6) is 0 Å². The molecule has 2 rings (SSSR count). The quantitative estimate of drug-likeness (QED) is 0.634. The van der Waals surface area contributed by atoms with Gasteiger partial charge in [0.2, 0.25) is 0 Å². The van der Waals surface area contributed by atoms with Gasteiger partial charge in [0.15, 0.2) is 0 Å². The zero-order valence-electron chi connectivity index (χ0n) is 12.3. The number of nitrogens with one attached hydrogen (secondary N) is 1. The second-order valence-corrected chi connectivity index (χ2v) is 6.54. The van der Waals surface area contributed by atoms with Crippen LogP contribution in [0, 0.1) is 23.7 Å². The molecule has 0 aromatic carbocycles. The van der Waals surface area contributed by atoms with Gasteiger partial charge in [-0.2, -0.15) is 0 Å². The second-order valence-electron chi connectivity index (χ2n) is 6.54. The van der Waals surface area contributed by atoms with Gasteiger partial charge in [0.1, 0.15) is 11.7 Å². The molecule has 0 amide bonds. The maximum Gasteiger partial charge on any atom is 0.139 e. The number of anilines is 1. The van der Waals surface area contributed by atoms with Crippen molar-refractivity contribution in [3.8, 4) is 0 Å². The zero-order valence-corrected chi connectivity index (χ0v) is 12.3. The Hall–Kier alpha value is -1.58. The summed E-state index contributed by atoms with van der Waals surface area (Å²) in [7, 11) is 0. The maximum absolute atomic E-state index is 7.69. The number of aryl methyl sites for hydroxylation is 1. The Balaban J connectivity index is 2.28. The van der Waals surface area contributed by atoms with E-state index < -0.39 is 0 Å². The Bertz CT molecular complexity index is 487. The van der Waals surface area contributed by atoms with E-state index >= 15 is 0 Å². The molecule has 1 aliphatic heterocycles. The molecule has 104 valence electrons. The molecule has 1 aliphatic rings. The number of nitrogens with zero attached hydrogens (tertiary/aromatic N) is 2. The van der Waals surface area contributed by atoms with Gasteiger partial charge in [0.05, 0.1) is 5.56 Å². The minimum absolute atomic E-state index is 0.0988. The summed E-state index contributed by atoms with van der Waals surface area (Å²) >= 11 is 0. The topological polar surface area (TPSA) is 66.0 Å². The van der Waals surface area contributed by atoms with Crippen LogP contribution in [0.25, 0.3) is 0 Å². The summed E-state index contributed by atoms with van der Waals surface area (Å²) in [5, 5.41) is 7.69. The Kier molecular flexibility index (Phi) is 3.52. The van der Waals surface area contributed by atoms with Crippen molar-refractivity contribution in [1.29, 1.82) is 5.41 Å². The maximum atomic E-state index is 7.69. The van der Waals surface area contributed by atoms with E-state index in [1.807, 2.05) is 19.1 Å². The molecule has 1 saturated heterocycles. The van der Waals surface area contributed by atoms with E-state index in [-0.39, 0.29) is 5.84 Å². The van der Waals surface area contributed by atoms with Gasteiger partial charge in [-0.1, -0.05) is 20.8 Å². The first kappa shape index (κ1) is 13.8. The van der Waals surface area contributed by atoms with E-state index in [0.29, 0.717) is 11.3 Å². The number of aromatic nitrogens is 1. The molecule has 2 heterocycles. The zero-order chi connectivity index (χ0) is 14.2. The lowest BCUT2D eigenvalue weighted by Crippen LogP contribution is -2.28. The van der Waals surface area contributed by atoms with Gasteiger partial charge in [-0.15, -0.1) is 0 Å². The SMILES string of the molecule is Cc1ccc(C(=N)N)c(N2CCC(C(C)(C)C)C2)n1. The van der Waals surface area contributed by atoms with E-state index in [2.05, 4.69) is 30.7 Å². The minimum atomic E-state index is 0.0988. The Morgan fingerprint density at radius 3 is 2.63 bits per heavy atom. The summed E-state index contributed by atoms with van der Waals surface area (Å²) in [5.41, 5.74) is 7.71. The summed E-state index contributed by atoms with van der Waals surface area (Å²) in [6.07, 6.45) is 1.18. The van der Waals surface area contributed by atoms with Crippen molar-refractivity contribution in [2.75, 3.05) is 18.0 Å². The summed E-state index contributed by atoms with van der Waals surface area (Å²) in [4.78, 5) is 6.88. The molecule has 0 aliphatic carbocycles. The average Bonchev–Trinajstić information content (AvgIpc) is 2.77. The van der Waals surface area contributed by atoms with Crippen molar-refractivity contribution < 1.29 is 0 Å². The molecule has 1 aromatic rings. The lowest BCUT2D eigenvalue weighted by atomic mass is 9.80. The fourth-order valence-corrected chi connectivity index (χ4v) is 2.65. The molecule has 4 nitrogen and oxygen atoms in total. The summed E-state index contributed by atoms with van der Waals surface area (Å²) in [6.45, 7) is 10.8. The van der Waals surface area contributed by atoms with Gasteiger partial charge in [0, 0.05) is 18.8 Å². The summed E-state index contributed by atoms with van der Waals surface area (Å²) < 4.78 is 0. The molecule has 0 spiro atoms. The van der Waals surface area contributed by atoms with Gasteiger partial charge in [-0.05, 0) is 36.8 Å². The first-order valence-electron chi connectivity index (χ1n) is 6.86. The third kappa shape index (κ3) is 2.88. The first-order valence-corrected chi connectivity index (χ1v) is 6.86. The number of hydrogen-bond donors (Lipinski definition) is 2. The highest BCUT2D eigenvalue weighted by molar-refractivity contribution is 5.99. The molecule has 1 atom stereocenters. The molecule has 1 aromatic heterocycles. The lowest BCUT2D eigenvalue weighted by Gasteiger charge is -2.27. The molecule has 0 saturated carbocycles. The number of nitrogens with two attached hydrogens (primary N) is 1. The monoisotopic (exact) mass is 260 g/mol. The van der Waals surface area contributed by atoms with Crippen LogP contribution < -0.4 is 10.6 Å². The number of amidine groups is 1. The standard InChI is InChI=1S/C15H24N4/c1-10-5-6-12(13(16)17)14(18-10)19-8-7-11(9-19)15(2,3)4/h5-6,11H,7-9H2,1-4H3,(H3,16,17). The normalized spacial score (nSPS) is 19.8. The third-order valence-corrected chi connectivity index (χ3v) is 4.02. The number of pyridine rings is 1. The fourth-order valence-electron chi connectivity index (χ4n) is 2.65. The first-order chi connectivity index (χ1) is 8.79. The van der Waals surface area contributed by atoms with Crippen molar-refractivity contribution in [2.45, 2.75) is 34.1 Å². The van der Waals surface area contributed by atoms with Crippen molar-refractivity contribution in [2.24, 2.45) is 17.1 Å². The molecule has 0 radical (unpaired) electrons. The summed E-state index contributed by atoms with van der Waals surface area (Å²) in [5.74, 6) is 1.63. The fraction of sp³-hybridized carbons (Fsp3) is 0.600. The van der Waals surface area contributed by atoms with Crippen LogP contribution in [-0.4, -0.2) is 23.9 Å². The molecule has 19 heavy (non-hydrogen) atoms. The van der Waals surface area contributed by atoms with E-state index in [1.54, 1.807) is 0 Å². The Labute approximate surface area is 115 Å². The average molecular weight is 260 g/mol. The van der Waals surface area contributed by atoms with Crippen LogP contribution in [0.15, 0.2) is 12.1 Å². The molecule has 1 unspecified atom stereocenters. The number of nitrogen functional groups attached to an aromatic ring is 1. The molecule has 4 heteroatoms. The van der Waals surface area contributed by atoms with Crippen LogP contribution >= 0.6 is 0 Å². The summed E-state index contributed by atoms with van der Waals surface area (Å²) in [6, 6.07) is 3.82. The van der Waals surface area contributed by atoms with Gasteiger partial charge < -0.3 is 10.6 Å². The highest BCUT2D eigenvalue weighted by Crippen LogP contribution is 2.35. The van der Waals surface area contributed by atoms with E-state index in [4.69, 9.17) is 11.1 Å². The van der Waals surface area contributed by atoms with Crippen molar-refractivity contribution in [1.82, 2.24) is 4.98 Å². The predicted molar refractivity (Wildman–Crippen MR) is 79.8 cm³/mol. The third-order valence-electron chi connectivity index (χ3n) is 4.02. The van der Waals surface area contributed by atoms with Gasteiger partial charge in [0.25, 0.3) is 0 Å². The van der Waals surface area contributed by atoms with E-state index in [1.165, 1.54) is 6.42 Å². The van der Waals surface area contributed by atoms with Crippen molar-refractivity contribution in [3.63, 3.8) is 0 Å². The van der Waals surface area contributed by atoms with Crippen molar-refractivity contribution >= 4 is 11.7 Å². The van der Waals surface area contributed by atoms with Gasteiger partial charge >= 0.3 is 0 Å². The Morgan fingerprint density at radius 1 is 1.42 bits per heavy atom. The lowest BCUT2D eigenvalue weighted by molar-refractivity contribution is 0.263. The predicted octanol–water partition coefficient (Wildman–Crippen LogP) is 2.55. The van der Waals surface area contributed by atoms with Crippen LogP contribution in [0.3, 0.4) is 0 Å². The highest BCUT2D eigenvalue weighted by Gasteiger charge is 2.33. The smallest absolute Gasteiger partial charge is 0.139 e. The number of hydrogen-bond acceptors (Lipinski definition) is 3. The minimum Gasteiger partial charge on any atom is -0.384 e. The van der Waals surface area contributed by atoms with Crippen LogP contribution in [0.1, 0.15) is 38.4 Å². The van der Waals surface area contributed by atoms with Crippen molar-refractivity contribution in [3.05, 3.63) is 23.4 Å². The molecular weight excluding hydrogens is 236 g/mol. The van der Waals surface area contributed by atoms with Crippen LogP contribution in [0.4, 0.5) is 5.82 Å². The molecule has 0 bridgehead atoms. The van der Waals surface area contributed by atoms with Gasteiger partial charge in [-0.3, -0.25) is 5.41 Å². The molecule has 3 N–H and O–H groups in total. The van der Waals surface area contributed by atoms with E-state index in [0.717, 1.165) is 30.2 Å². The largest absolute Gasteiger partial charge is 0.384 e. The number of rotatable bonds is 2. The highest BCUT2D eigenvalue weighted by atomic mass is 15.2. The Morgan fingerprint density at radius 2 is 2.11 bits per heavy atom. The van der Waals surface area contributed by atoms with E-state index in [9.17, 15) is 0 Å². The van der Waals surface area contributed by atoms with Gasteiger partial charge in [-0.25, -0.2) is 4.98 Å². The molecular formula is C15H24N4. The molecule has 1 fully saturated rings. The van der Waals surface area contributed by atoms with Crippen LogP contribution in [-0.2, 0) is 0 Å².